The van der Waals surface area contributed by atoms with Crippen LogP contribution in [0.15, 0.2) is 12.1 Å². The van der Waals surface area contributed by atoms with Gasteiger partial charge in [-0.3, -0.25) is 4.79 Å². The number of rotatable bonds is 0. The van der Waals surface area contributed by atoms with Crippen LogP contribution in [0.2, 0.25) is 0 Å². The Morgan fingerprint density at radius 1 is 1.33 bits per heavy atom. The van der Waals surface area contributed by atoms with E-state index in [1.165, 1.54) is 12.1 Å². The highest BCUT2D eigenvalue weighted by molar-refractivity contribution is 5.91. The summed E-state index contributed by atoms with van der Waals surface area (Å²) in [6, 6.07) is 2.61. The summed E-state index contributed by atoms with van der Waals surface area (Å²) >= 11 is 0. The number of hydrogen-bond donors (Lipinski definition) is 2. The largest absolute Gasteiger partial charge is 0.508 e. The summed E-state index contributed by atoms with van der Waals surface area (Å²) in [5.74, 6) is 0.110. The van der Waals surface area contributed by atoms with E-state index in [2.05, 4.69) is 0 Å². The lowest BCUT2D eigenvalue weighted by atomic mass is 9.92. The number of benzene rings is 1. The van der Waals surface area contributed by atoms with Crippen LogP contribution in [-0.2, 0) is 11.2 Å². The van der Waals surface area contributed by atoms with Crippen LogP contribution < -0.4 is 4.74 Å². The third-order valence-corrected chi connectivity index (χ3v) is 2.54. The van der Waals surface area contributed by atoms with Crippen LogP contribution in [0.5, 0.6) is 17.2 Å². The first-order valence-electron chi connectivity index (χ1n) is 4.67. The van der Waals surface area contributed by atoms with Gasteiger partial charge in [-0.25, -0.2) is 0 Å². The molecule has 4 nitrogen and oxygen atoms in total. The fourth-order valence-electron chi connectivity index (χ4n) is 1.59. The maximum absolute atomic E-state index is 11.6. The van der Waals surface area contributed by atoms with E-state index in [1.54, 1.807) is 13.8 Å². The molecule has 0 saturated carbocycles. The van der Waals surface area contributed by atoms with Crippen molar-refractivity contribution in [1.82, 2.24) is 0 Å². The van der Waals surface area contributed by atoms with Gasteiger partial charge in [-0.2, -0.15) is 0 Å². The molecule has 0 atom stereocenters. The molecule has 0 aliphatic carbocycles. The first-order valence-corrected chi connectivity index (χ1v) is 4.67. The molecule has 1 aromatic rings. The summed E-state index contributed by atoms with van der Waals surface area (Å²) in [4.78, 5) is 11.6. The molecule has 2 rings (SSSR count). The number of phenols is 2. The van der Waals surface area contributed by atoms with Crippen molar-refractivity contribution >= 4 is 5.78 Å². The zero-order chi connectivity index (χ0) is 11.2. The Balaban J connectivity index is 2.55. The number of fused-ring (bicyclic) bond motifs is 1. The Hall–Kier alpha value is -1.71. The maximum atomic E-state index is 11.6. The second kappa shape index (κ2) is 2.89. The van der Waals surface area contributed by atoms with Crippen LogP contribution in [0.1, 0.15) is 19.4 Å². The molecule has 0 spiro atoms. The molecule has 1 aromatic carbocycles. The molecule has 0 radical (unpaired) electrons. The van der Waals surface area contributed by atoms with Crippen LogP contribution in [-0.4, -0.2) is 21.6 Å². The topological polar surface area (TPSA) is 66.8 Å². The molecular weight excluding hydrogens is 196 g/mol. The normalized spacial score (nSPS) is 18.1. The van der Waals surface area contributed by atoms with E-state index < -0.39 is 5.60 Å². The Kier molecular flexibility index (Phi) is 1.89. The van der Waals surface area contributed by atoms with Crippen LogP contribution in [0, 0.1) is 0 Å². The number of aromatic hydroxyl groups is 2. The van der Waals surface area contributed by atoms with E-state index in [0.717, 1.165) is 0 Å². The van der Waals surface area contributed by atoms with Crippen LogP contribution >= 0.6 is 0 Å². The Bertz CT molecular complexity index is 434. The molecule has 0 bridgehead atoms. The first kappa shape index (κ1) is 9.83. The lowest BCUT2D eigenvalue weighted by Gasteiger charge is -2.31. The van der Waals surface area contributed by atoms with Gasteiger partial charge in [-0.15, -0.1) is 0 Å². The molecule has 2 N–H and O–H groups in total. The van der Waals surface area contributed by atoms with Crippen molar-refractivity contribution in [3.05, 3.63) is 17.7 Å². The third kappa shape index (κ3) is 1.52. The van der Waals surface area contributed by atoms with Gasteiger partial charge < -0.3 is 14.9 Å². The standard InChI is InChI=1S/C11H12O4/c1-11(2)10(14)5-7-8(13)3-6(12)4-9(7)15-11/h3-4,12-13H,5H2,1-2H3. The summed E-state index contributed by atoms with van der Waals surface area (Å²) in [5.41, 5.74) is -0.454. The third-order valence-electron chi connectivity index (χ3n) is 2.54. The Morgan fingerprint density at radius 2 is 2.00 bits per heavy atom. The van der Waals surface area contributed by atoms with Crippen molar-refractivity contribution in [2.24, 2.45) is 0 Å². The second-order valence-electron chi connectivity index (χ2n) is 4.15. The monoisotopic (exact) mass is 208 g/mol. The predicted molar refractivity (Wildman–Crippen MR) is 53.2 cm³/mol. The maximum Gasteiger partial charge on any atom is 0.180 e. The highest BCUT2D eigenvalue weighted by Crippen LogP contribution is 2.39. The zero-order valence-corrected chi connectivity index (χ0v) is 8.57. The number of Topliss-reactive ketones (excluding diaryl/α,β-unsaturated/α-hetero) is 1. The zero-order valence-electron chi connectivity index (χ0n) is 8.57. The van der Waals surface area contributed by atoms with Crippen molar-refractivity contribution in [2.75, 3.05) is 0 Å². The van der Waals surface area contributed by atoms with Gasteiger partial charge in [0.1, 0.15) is 17.2 Å². The van der Waals surface area contributed by atoms with Crippen molar-refractivity contribution in [3.8, 4) is 17.2 Å². The van der Waals surface area contributed by atoms with E-state index in [1.807, 2.05) is 0 Å². The fraction of sp³-hybridized carbons (Fsp3) is 0.364. The average molecular weight is 208 g/mol. The van der Waals surface area contributed by atoms with E-state index in [-0.39, 0.29) is 23.7 Å². The first-order chi connectivity index (χ1) is 6.90. The van der Waals surface area contributed by atoms with E-state index in [9.17, 15) is 15.0 Å². The quantitative estimate of drug-likeness (QED) is 0.676. The van der Waals surface area contributed by atoms with Gasteiger partial charge >= 0.3 is 0 Å². The van der Waals surface area contributed by atoms with Crippen molar-refractivity contribution in [3.63, 3.8) is 0 Å². The molecule has 0 amide bonds. The summed E-state index contributed by atoms with van der Waals surface area (Å²) in [5, 5.41) is 18.8. The van der Waals surface area contributed by atoms with Crippen LogP contribution in [0.25, 0.3) is 0 Å². The molecule has 0 unspecified atom stereocenters. The minimum Gasteiger partial charge on any atom is -0.508 e. The summed E-state index contributed by atoms with van der Waals surface area (Å²) in [6.07, 6.45) is 0.133. The van der Waals surface area contributed by atoms with E-state index in [4.69, 9.17) is 4.74 Å². The van der Waals surface area contributed by atoms with Crippen molar-refractivity contribution < 1.29 is 19.7 Å². The van der Waals surface area contributed by atoms with Crippen molar-refractivity contribution in [2.45, 2.75) is 25.9 Å². The van der Waals surface area contributed by atoms with Crippen LogP contribution in [0.4, 0.5) is 0 Å². The Morgan fingerprint density at radius 3 is 2.67 bits per heavy atom. The number of ketones is 1. The highest BCUT2D eigenvalue weighted by atomic mass is 16.5. The van der Waals surface area contributed by atoms with Crippen molar-refractivity contribution in [1.29, 1.82) is 0 Å². The number of ether oxygens (including phenoxy) is 1. The lowest BCUT2D eigenvalue weighted by molar-refractivity contribution is -0.132. The smallest absolute Gasteiger partial charge is 0.180 e. The van der Waals surface area contributed by atoms with E-state index >= 15 is 0 Å². The lowest BCUT2D eigenvalue weighted by Crippen LogP contribution is -2.42. The number of carbonyl (C=O) groups excluding carboxylic acids is 1. The fourth-order valence-corrected chi connectivity index (χ4v) is 1.59. The molecular formula is C11H12O4. The molecule has 4 heteroatoms. The van der Waals surface area contributed by atoms with Gasteiger partial charge in [0.2, 0.25) is 0 Å². The molecule has 1 aliphatic heterocycles. The number of hydrogen-bond acceptors (Lipinski definition) is 4. The summed E-state index contributed by atoms with van der Waals surface area (Å²) in [6.45, 7) is 3.33. The van der Waals surface area contributed by atoms with Crippen LogP contribution in [0.3, 0.4) is 0 Å². The summed E-state index contributed by atoms with van der Waals surface area (Å²) < 4.78 is 5.42. The average Bonchev–Trinajstić information content (AvgIpc) is 2.08. The van der Waals surface area contributed by atoms with Gasteiger partial charge in [-0.05, 0) is 13.8 Å². The molecule has 0 aromatic heterocycles. The second-order valence-corrected chi connectivity index (χ2v) is 4.15. The predicted octanol–water partition coefficient (Wildman–Crippen LogP) is 1.38. The van der Waals surface area contributed by atoms with Gasteiger partial charge in [0.25, 0.3) is 0 Å². The van der Waals surface area contributed by atoms with Gasteiger partial charge in [0.15, 0.2) is 11.4 Å². The highest BCUT2D eigenvalue weighted by Gasteiger charge is 2.36. The Labute approximate surface area is 87.1 Å². The van der Waals surface area contributed by atoms with Gasteiger partial charge in [-0.1, -0.05) is 0 Å². The number of phenolic OH excluding ortho intramolecular Hbond substituents is 2. The van der Waals surface area contributed by atoms with E-state index in [0.29, 0.717) is 11.3 Å². The van der Waals surface area contributed by atoms with Gasteiger partial charge in [0.05, 0.1) is 0 Å². The molecule has 0 saturated heterocycles. The molecule has 0 fully saturated rings. The molecule has 1 aliphatic rings. The molecule has 15 heavy (non-hydrogen) atoms. The van der Waals surface area contributed by atoms with Gasteiger partial charge in [0, 0.05) is 24.1 Å². The summed E-state index contributed by atoms with van der Waals surface area (Å²) in [7, 11) is 0. The minimum atomic E-state index is -0.896. The number of carbonyl (C=O) groups is 1. The molecule has 1 heterocycles. The minimum absolute atomic E-state index is 0.0728. The SMILES string of the molecule is CC1(C)Oc2cc(O)cc(O)c2CC1=O. The molecule has 80 valence electrons.